The molecule has 0 aliphatic carbocycles. The van der Waals surface area contributed by atoms with E-state index >= 15 is 0 Å². The second-order valence-corrected chi connectivity index (χ2v) is 7.30. The summed E-state index contributed by atoms with van der Waals surface area (Å²) >= 11 is 1.66. The van der Waals surface area contributed by atoms with Gasteiger partial charge in [-0.25, -0.2) is 8.42 Å². The molecule has 1 aromatic carbocycles. The van der Waals surface area contributed by atoms with Crippen molar-refractivity contribution in [2.24, 2.45) is 0 Å². The van der Waals surface area contributed by atoms with Gasteiger partial charge in [-0.1, -0.05) is 0 Å². The van der Waals surface area contributed by atoms with Crippen LogP contribution in [0.3, 0.4) is 0 Å². The Morgan fingerprint density at radius 2 is 2.06 bits per heavy atom. The predicted octanol–water partition coefficient (Wildman–Crippen LogP) is 2.17. The minimum Gasteiger partial charge on any atom is -0.494 e. The molecule has 6 heteroatoms. The fourth-order valence-electron chi connectivity index (χ4n) is 1.90. The predicted molar refractivity (Wildman–Crippen MR) is 73.4 cm³/mol. The SMILES string of the molecule is CCOc1ccc(S(=O)(=O)N2CCSC2C)cc1. The van der Waals surface area contributed by atoms with Crippen LogP contribution in [0.1, 0.15) is 13.8 Å². The highest BCUT2D eigenvalue weighted by Gasteiger charge is 2.32. The lowest BCUT2D eigenvalue weighted by Crippen LogP contribution is -2.33. The molecule has 1 atom stereocenters. The van der Waals surface area contributed by atoms with Crippen LogP contribution in [0.4, 0.5) is 0 Å². The second kappa shape index (κ2) is 5.50. The Hall–Kier alpha value is -0.720. The van der Waals surface area contributed by atoms with E-state index in [4.69, 9.17) is 4.74 Å². The molecule has 0 saturated carbocycles. The molecule has 1 aromatic rings. The Morgan fingerprint density at radius 3 is 2.56 bits per heavy atom. The number of thioether (sulfide) groups is 1. The average Bonchev–Trinajstić information content (AvgIpc) is 2.77. The van der Waals surface area contributed by atoms with Crippen molar-refractivity contribution < 1.29 is 13.2 Å². The van der Waals surface area contributed by atoms with Crippen LogP contribution in [0.2, 0.25) is 0 Å². The van der Waals surface area contributed by atoms with Crippen molar-refractivity contribution in [3.05, 3.63) is 24.3 Å². The zero-order chi connectivity index (χ0) is 13.2. The van der Waals surface area contributed by atoms with Crippen LogP contribution in [0.5, 0.6) is 5.75 Å². The molecule has 0 aromatic heterocycles. The number of benzene rings is 1. The van der Waals surface area contributed by atoms with Crippen LogP contribution in [-0.4, -0.2) is 37.0 Å². The fourth-order valence-corrected chi connectivity index (χ4v) is 4.93. The maximum Gasteiger partial charge on any atom is 0.244 e. The molecule has 0 radical (unpaired) electrons. The molecule has 1 unspecified atom stereocenters. The van der Waals surface area contributed by atoms with Crippen LogP contribution in [0.15, 0.2) is 29.2 Å². The van der Waals surface area contributed by atoms with Gasteiger partial charge in [0.25, 0.3) is 0 Å². The van der Waals surface area contributed by atoms with Crippen molar-refractivity contribution >= 4 is 21.8 Å². The first-order valence-electron chi connectivity index (χ1n) is 5.92. The molecule has 0 spiro atoms. The molecule has 100 valence electrons. The third-order valence-corrected chi connectivity index (χ3v) is 6.09. The molecular weight excluding hydrogens is 270 g/mol. The topological polar surface area (TPSA) is 46.6 Å². The fraction of sp³-hybridized carbons (Fsp3) is 0.500. The van der Waals surface area contributed by atoms with Gasteiger partial charge in [0, 0.05) is 12.3 Å². The van der Waals surface area contributed by atoms with E-state index in [2.05, 4.69) is 0 Å². The van der Waals surface area contributed by atoms with Crippen LogP contribution >= 0.6 is 11.8 Å². The lowest BCUT2D eigenvalue weighted by atomic mass is 10.3. The van der Waals surface area contributed by atoms with Crippen molar-refractivity contribution in [1.29, 1.82) is 0 Å². The van der Waals surface area contributed by atoms with Crippen molar-refractivity contribution in [2.45, 2.75) is 24.1 Å². The first-order chi connectivity index (χ1) is 8.55. The van der Waals surface area contributed by atoms with Gasteiger partial charge in [0.05, 0.1) is 16.9 Å². The second-order valence-electron chi connectivity index (χ2n) is 3.99. The van der Waals surface area contributed by atoms with Gasteiger partial charge in [0.2, 0.25) is 10.0 Å². The zero-order valence-corrected chi connectivity index (χ0v) is 12.1. The van der Waals surface area contributed by atoms with E-state index in [1.54, 1.807) is 40.3 Å². The van der Waals surface area contributed by atoms with E-state index in [0.717, 1.165) is 5.75 Å². The first-order valence-corrected chi connectivity index (χ1v) is 8.41. The summed E-state index contributed by atoms with van der Waals surface area (Å²) in [6, 6.07) is 6.61. The normalized spacial score (nSPS) is 21.1. The molecule has 2 rings (SSSR count). The molecule has 0 bridgehead atoms. The first kappa shape index (κ1) is 13.7. The van der Waals surface area contributed by atoms with Crippen LogP contribution in [0, 0.1) is 0 Å². The number of hydrogen-bond donors (Lipinski definition) is 0. The molecule has 0 N–H and O–H groups in total. The summed E-state index contributed by atoms with van der Waals surface area (Å²) in [5, 5.41) is 0.0153. The highest BCUT2D eigenvalue weighted by Crippen LogP contribution is 2.30. The molecule has 4 nitrogen and oxygen atoms in total. The number of nitrogens with zero attached hydrogens (tertiary/aromatic N) is 1. The molecular formula is C12H17NO3S2. The average molecular weight is 287 g/mol. The quantitative estimate of drug-likeness (QED) is 0.851. The van der Waals surface area contributed by atoms with Crippen LogP contribution in [-0.2, 0) is 10.0 Å². The summed E-state index contributed by atoms with van der Waals surface area (Å²) in [6.45, 7) is 4.98. The van der Waals surface area contributed by atoms with Gasteiger partial charge in [-0.05, 0) is 38.1 Å². The Kier molecular flexibility index (Phi) is 4.19. The van der Waals surface area contributed by atoms with E-state index in [1.807, 2.05) is 13.8 Å². The molecule has 1 saturated heterocycles. The highest BCUT2D eigenvalue weighted by atomic mass is 32.2. The molecule has 1 heterocycles. The van der Waals surface area contributed by atoms with Gasteiger partial charge in [0.1, 0.15) is 5.75 Å². The highest BCUT2D eigenvalue weighted by molar-refractivity contribution is 8.01. The van der Waals surface area contributed by atoms with E-state index in [1.165, 1.54) is 0 Å². The third-order valence-electron chi connectivity index (χ3n) is 2.82. The largest absolute Gasteiger partial charge is 0.494 e. The van der Waals surface area contributed by atoms with Crippen LogP contribution < -0.4 is 4.74 Å². The maximum atomic E-state index is 12.4. The Morgan fingerprint density at radius 1 is 1.39 bits per heavy atom. The summed E-state index contributed by atoms with van der Waals surface area (Å²) < 4.78 is 31.6. The third kappa shape index (κ3) is 2.65. The Labute approximate surface area is 112 Å². The summed E-state index contributed by atoms with van der Waals surface area (Å²) in [6.07, 6.45) is 0. The maximum absolute atomic E-state index is 12.4. The van der Waals surface area contributed by atoms with Crippen molar-refractivity contribution in [2.75, 3.05) is 18.9 Å². The number of rotatable bonds is 4. The van der Waals surface area contributed by atoms with E-state index < -0.39 is 10.0 Å². The summed E-state index contributed by atoms with van der Waals surface area (Å²) in [7, 11) is -3.36. The van der Waals surface area contributed by atoms with Crippen LogP contribution in [0.25, 0.3) is 0 Å². The molecule has 0 amide bonds. The number of hydrogen-bond acceptors (Lipinski definition) is 4. The van der Waals surface area contributed by atoms with E-state index in [0.29, 0.717) is 23.8 Å². The standard InChI is InChI=1S/C12H17NO3S2/c1-3-16-11-4-6-12(7-5-11)18(14,15)13-8-9-17-10(13)2/h4-7,10H,3,8-9H2,1-2H3. The van der Waals surface area contributed by atoms with E-state index in [-0.39, 0.29) is 5.37 Å². The minimum atomic E-state index is -3.36. The number of ether oxygens (including phenoxy) is 1. The van der Waals surface area contributed by atoms with Gasteiger partial charge < -0.3 is 4.74 Å². The van der Waals surface area contributed by atoms with Gasteiger partial charge in [-0.2, -0.15) is 4.31 Å². The monoisotopic (exact) mass is 287 g/mol. The van der Waals surface area contributed by atoms with Gasteiger partial charge in [0.15, 0.2) is 0 Å². The van der Waals surface area contributed by atoms with Crippen molar-refractivity contribution in [3.63, 3.8) is 0 Å². The summed E-state index contributed by atoms with van der Waals surface area (Å²) in [5.41, 5.74) is 0. The smallest absolute Gasteiger partial charge is 0.244 e. The van der Waals surface area contributed by atoms with Gasteiger partial charge in [-0.3, -0.25) is 0 Å². The zero-order valence-electron chi connectivity index (χ0n) is 10.5. The molecule has 1 aliphatic heterocycles. The van der Waals surface area contributed by atoms with Crippen molar-refractivity contribution in [1.82, 2.24) is 4.31 Å². The lowest BCUT2D eigenvalue weighted by Gasteiger charge is -2.20. The molecule has 1 fully saturated rings. The summed E-state index contributed by atoms with van der Waals surface area (Å²) in [4.78, 5) is 0.334. The Balaban J connectivity index is 2.24. The molecule has 1 aliphatic rings. The van der Waals surface area contributed by atoms with Gasteiger partial charge in [-0.15, -0.1) is 11.8 Å². The molecule has 18 heavy (non-hydrogen) atoms. The Bertz CT molecular complexity index is 499. The number of sulfonamides is 1. The lowest BCUT2D eigenvalue weighted by molar-refractivity contribution is 0.340. The van der Waals surface area contributed by atoms with E-state index in [9.17, 15) is 8.42 Å². The van der Waals surface area contributed by atoms with Crippen molar-refractivity contribution in [3.8, 4) is 5.75 Å². The summed E-state index contributed by atoms with van der Waals surface area (Å²) in [5.74, 6) is 1.55. The minimum absolute atomic E-state index is 0.0153. The van der Waals surface area contributed by atoms with Gasteiger partial charge >= 0.3 is 0 Å².